The predicted molar refractivity (Wildman–Crippen MR) is 96.6 cm³/mol. The van der Waals surface area contributed by atoms with Crippen LogP contribution in [-0.2, 0) is 0 Å². The first-order valence-corrected chi connectivity index (χ1v) is 7.40. The van der Waals surface area contributed by atoms with Crippen molar-refractivity contribution in [2.45, 2.75) is 6.92 Å². The third-order valence-corrected chi connectivity index (χ3v) is 3.66. The molecule has 110 valence electrons. The second kappa shape index (κ2) is 6.03. The maximum Gasteiger partial charge on any atom is 0.175 e. The molecule has 3 rings (SSSR count). The SMILES string of the molecule is Cc1ccc(NC(=S)Nc2cccc3c(O)cccc23)cc1. The van der Waals surface area contributed by atoms with Gasteiger partial charge in [-0.05, 0) is 43.4 Å². The molecule has 0 spiro atoms. The lowest BCUT2D eigenvalue weighted by Crippen LogP contribution is -2.19. The van der Waals surface area contributed by atoms with E-state index in [4.69, 9.17) is 12.2 Å². The van der Waals surface area contributed by atoms with E-state index in [-0.39, 0.29) is 5.75 Å². The van der Waals surface area contributed by atoms with Gasteiger partial charge in [-0.15, -0.1) is 0 Å². The molecule has 0 unspecified atom stereocenters. The van der Waals surface area contributed by atoms with Crippen LogP contribution in [0.3, 0.4) is 0 Å². The van der Waals surface area contributed by atoms with Gasteiger partial charge in [-0.25, -0.2) is 0 Å². The zero-order chi connectivity index (χ0) is 15.5. The van der Waals surface area contributed by atoms with Crippen LogP contribution >= 0.6 is 12.2 Å². The molecule has 0 saturated heterocycles. The molecule has 0 heterocycles. The van der Waals surface area contributed by atoms with Gasteiger partial charge in [-0.2, -0.15) is 0 Å². The molecule has 0 aliphatic heterocycles. The predicted octanol–water partition coefficient (Wildman–Crippen LogP) is 4.66. The van der Waals surface area contributed by atoms with Crippen LogP contribution in [-0.4, -0.2) is 10.2 Å². The van der Waals surface area contributed by atoms with E-state index in [0.29, 0.717) is 5.11 Å². The van der Waals surface area contributed by atoms with Crippen LogP contribution in [0, 0.1) is 6.92 Å². The number of hydrogen-bond acceptors (Lipinski definition) is 2. The van der Waals surface area contributed by atoms with E-state index in [0.717, 1.165) is 22.1 Å². The summed E-state index contributed by atoms with van der Waals surface area (Å²) >= 11 is 5.36. The first-order chi connectivity index (χ1) is 10.6. The number of phenolic OH excluding ortho intramolecular Hbond substituents is 1. The average Bonchev–Trinajstić information content (AvgIpc) is 2.51. The molecular weight excluding hydrogens is 292 g/mol. The van der Waals surface area contributed by atoms with Crippen LogP contribution in [0.25, 0.3) is 10.8 Å². The highest BCUT2D eigenvalue weighted by Crippen LogP contribution is 2.29. The average molecular weight is 308 g/mol. The van der Waals surface area contributed by atoms with Gasteiger partial charge in [0, 0.05) is 22.1 Å². The molecule has 3 N–H and O–H groups in total. The van der Waals surface area contributed by atoms with Gasteiger partial charge in [0.2, 0.25) is 0 Å². The minimum absolute atomic E-state index is 0.263. The summed E-state index contributed by atoms with van der Waals surface area (Å²) in [5, 5.41) is 18.5. The Kier molecular flexibility index (Phi) is 3.94. The minimum atomic E-state index is 0.263. The van der Waals surface area contributed by atoms with E-state index in [1.54, 1.807) is 6.07 Å². The number of thiocarbonyl (C=S) groups is 1. The quantitative estimate of drug-likeness (QED) is 0.602. The lowest BCUT2D eigenvalue weighted by molar-refractivity contribution is 0.481. The summed E-state index contributed by atoms with van der Waals surface area (Å²) in [6, 6.07) is 19.2. The molecule has 0 atom stereocenters. The number of fused-ring (bicyclic) bond motifs is 1. The minimum Gasteiger partial charge on any atom is -0.507 e. The van der Waals surface area contributed by atoms with Crippen LogP contribution in [0.1, 0.15) is 5.56 Å². The topological polar surface area (TPSA) is 44.3 Å². The molecule has 3 aromatic rings. The van der Waals surface area contributed by atoms with Crippen molar-refractivity contribution >= 4 is 39.5 Å². The summed E-state index contributed by atoms with van der Waals surface area (Å²) in [5.41, 5.74) is 3.00. The van der Waals surface area contributed by atoms with Gasteiger partial charge in [0.05, 0.1) is 0 Å². The third kappa shape index (κ3) is 3.02. The van der Waals surface area contributed by atoms with E-state index in [9.17, 15) is 5.11 Å². The number of nitrogens with one attached hydrogen (secondary N) is 2. The number of benzene rings is 3. The lowest BCUT2D eigenvalue weighted by atomic mass is 10.1. The maximum atomic E-state index is 9.91. The Labute approximate surface area is 134 Å². The highest BCUT2D eigenvalue weighted by atomic mass is 32.1. The number of aromatic hydroxyl groups is 1. The van der Waals surface area contributed by atoms with Crippen molar-refractivity contribution in [1.82, 2.24) is 0 Å². The highest BCUT2D eigenvalue weighted by molar-refractivity contribution is 7.80. The van der Waals surface area contributed by atoms with Crippen LogP contribution in [0.2, 0.25) is 0 Å². The van der Waals surface area contributed by atoms with Crippen LogP contribution in [0.15, 0.2) is 60.7 Å². The Morgan fingerprint density at radius 1 is 0.864 bits per heavy atom. The highest BCUT2D eigenvalue weighted by Gasteiger charge is 2.05. The molecule has 0 radical (unpaired) electrons. The fourth-order valence-corrected chi connectivity index (χ4v) is 2.55. The molecule has 3 nitrogen and oxygen atoms in total. The fraction of sp³-hybridized carbons (Fsp3) is 0.0556. The lowest BCUT2D eigenvalue weighted by Gasteiger charge is -2.13. The zero-order valence-electron chi connectivity index (χ0n) is 12.1. The first-order valence-electron chi connectivity index (χ1n) is 6.99. The second-order valence-electron chi connectivity index (χ2n) is 5.12. The second-order valence-corrected chi connectivity index (χ2v) is 5.53. The van der Waals surface area contributed by atoms with E-state index in [1.807, 2.05) is 61.5 Å². The monoisotopic (exact) mass is 308 g/mol. The number of rotatable bonds is 2. The summed E-state index contributed by atoms with van der Waals surface area (Å²) in [5.74, 6) is 0.263. The molecule has 4 heteroatoms. The summed E-state index contributed by atoms with van der Waals surface area (Å²) < 4.78 is 0. The van der Waals surface area contributed by atoms with Crippen molar-refractivity contribution in [1.29, 1.82) is 0 Å². The van der Waals surface area contributed by atoms with E-state index in [1.165, 1.54) is 5.56 Å². The Balaban J connectivity index is 1.82. The van der Waals surface area contributed by atoms with Crippen molar-refractivity contribution in [3.8, 4) is 5.75 Å². The van der Waals surface area contributed by atoms with Crippen molar-refractivity contribution in [2.75, 3.05) is 10.6 Å². The van der Waals surface area contributed by atoms with Crippen molar-refractivity contribution < 1.29 is 5.11 Å². The van der Waals surface area contributed by atoms with Crippen molar-refractivity contribution in [3.05, 3.63) is 66.2 Å². The summed E-state index contributed by atoms with van der Waals surface area (Å²) in [4.78, 5) is 0. The Morgan fingerprint density at radius 3 is 2.32 bits per heavy atom. The normalized spacial score (nSPS) is 10.4. The van der Waals surface area contributed by atoms with Gasteiger partial charge < -0.3 is 15.7 Å². The third-order valence-electron chi connectivity index (χ3n) is 3.46. The van der Waals surface area contributed by atoms with Gasteiger partial charge in [0.25, 0.3) is 0 Å². The Bertz CT molecular complexity index is 828. The Hall–Kier alpha value is -2.59. The van der Waals surface area contributed by atoms with Crippen LogP contribution < -0.4 is 10.6 Å². The number of aryl methyl sites for hydroxylation is 1. The summed E-state index contributed by atoms with van der Waals surface area (Å²) in [7, 11) is 0. The van der Waals surface area contributed by atoms with E-state index in [2.05, 4.69) is 10.6 Å². The molecule has 0 amide bonds. The van der Waals surface area contributed by atoms with Gasteiger partial charge >= 0.3 is 0 Å². The van der Waals surface area contributed by atoms with Crippen LogP contribution in [0.5, 0.6) is 5.75 Å². The maximum absolute atomic E-state index is 9.91. The van der Waals surface area contributed by atoms with Crippen LogP contribution in [0.4, 0.5) is 11.4 Å². The molecule has 0 aliphatic rings. The first kappa shape index (κ1) is 14.4. The summed E-state index contributed by atoms with van der Waals surface area (Å²) in [6.45, 7) is 2.04. The molecule has 0 fully saturated rings. The molecule has 0 aliphatic carbocycles. The van der Waals surface area contributed by atoms with Gasteiger partial charge in [0.15, 0.2) is 5.11 Å². The van der Waals surface area contributed by atoms with Crippen molar-refractivity contribution in [2.24, 2.45) is 0 Å². The largest absolute Gasteiger partial charge is 0.507 e. The number of phenols is 1. The molecule has 0 bridgehead atoms. The zero-order valence-corrected chi connectivity index (χ0v) is 12.9. The van der Waals surface area contributed by atoms with Gasteiger partial charge in [-0.1, -0.05) is 42.0 Å². The molecule has 0 aromatic heterocycles. The fourth-order valence-electron chi connectivity index (χ4n) is 2.32. The molecule has 0 saturated carbocycles. The van der Waals surface area contributed by atoms with E-state index < -0.39 is 0 Å². The number of anilines is 2. The molecule has 3 aromatic carbocycles. The smallest absolute Gasteiger partial charge is 0.175 e. The number of hydrogen-bond donors (Lipinski definition) is 3. The van der Waals surface area contributed by atoms with Crippen molar-refractivity contribution in [3.63, 3.8) is 0 Å². The van der Waals surface area contributed by atoms with E-state index >= 15 is 0 Å². The molecule has 22 heavy (non-hydrogen) atoms. The van der Waals surface area contributed by atoms with Gasteiger partial charge in [0.1, 0.15) is 5.75 Å². The molecular formula is C18H16N2OS. The van der Waals surface area contributed by atoms with Gasteiger partial charge in [-0.3, -0.25) is 0 Å². The standard InChI is InChI=1S/C18H16N2OS/c1-12-8-10-13(11-9-12)19-18(22)20-16-6-2-5-15-14(16)4-3-7-17(15)21/h2-11,21H,1H3,(H2,19,20,22). The Morgan fingerprint density at radius 2 is 1.55 bits per heavy atom. The summed E-state index contributed by atoms with van der Waals surface area (Å²) in [6.07, 6.45) is 0.